The number of hydrogen-bond donors (Lipinski definition) is 2. The lowest BCUT2D eigenvalue weighted by atomic mass is 9.96. The highest BCUT2D eigenvalue weighted by atomic mass is 32.2. The Kier molecular flexibility index (Phi) is 8.99. The molecule has 0 aliphatic heterocycles. The van der Waals surface area contributed by atoms with Crippen LogP contribution in [0.4, 0.5) is 10.1 Å². The summed E-state index contributed by atoms with van der Waals surface area (Å²) in [5.74, 6) is -1.54. The highest BCUT2D eigenvalue weighted by molar-refractivity contribution is 7.92. The van der Waals surface area contributed by atoms with Crippen LogP contribution in [0, 0.1) is 17.2 Å². The first-order valence-electron chi connectivity index (χ1n) is 10.6. The first-order chi connectivity index (χ1) is 15.3. The van der Waals surface area contributed by atoms with Gasteiger partial charge in [0.25, 0.3) is 0 Å². The molecule has 0 radical (unpaired) electrons. The van der Waals surface area contributed by atoms with Crippen LogP contribution in [0.25, 0.3) is 0 Å². The first-order valence-corrected chi connectivity index (χ1v) is 12.5. The standard InChI is InChI=1S/C24H31FN2O5S/c1-24(2,3)23(29)32-16-19(12-17-8-6-5-7-9-17)15-26-22(28)14-18-10-11-21(20(25)13-18)27-33(4,30)31/h5-11,13,19,27H,12,14-16H2,1-4H3,(H,26,28). The lowest BCUT2D eigenvalue weighted by Crippen LogP contribution is -2.35. The topological polar surface area (TPSA) is 102 Å². The molecule has 0 fully saturated rings. The molecule has 0 saturated carbocycles. The minimum Gasteiger partial charge on any atom is -0.465 e. The average Bonchev–Trinajstić information content (AvgIpc) is 2.71. The maximum atomic E-state index is 14.2. The normalized spacial score (nSPS) is 12.6. The minimum absolute atomic E-state index is 0.0735. The monoisotopic (exact) mass is 478 g/mol. The maximum Gasteiger partial charge on any atom is 0.311 e. The molecule has 0 bridgehead atoms. The highest BCUT2D eigenvalue weighted by Crippen LogP contribution is 2.18. The van der Waals surface area contributed by atoms with Gasteiger partial charge < -0.3 is 10.1 Å². The van der Waals surface area contributed by atoms with E-state index in [1.54, 1.807) is 20.8 Å². The van der Waals surface area contributed by atoms with Crippen LogP contribution in [-0.2, 0) is 37.2 Å². The molecule has 1 amide bonds. The summed E-state index contributed by atoms with van der Waals surface area (Å²) in [6.45, 7) is 5.77. The molecule has 0 heterocycles. The quantitative estimate of drug-likeness (QED) is 0.510. The third-order valence-corrected chi connectivity index (χ3v) is 5.30. The Morgan fingerprint density at radius 1 is 1.06 bits per heavy atom. The van der Waals surface area contributed by atoms with Crippen molar-refractivity contribution in [2.75, 3.05) is 24.1 Å². The summed E-state index contributed by atoms with van der Waals surface area (Å²) in [6, 6.07) is 13.6. The number of sulfonamides is 1. The van der Waals surface area contributed by atoms with E-state index in [9.17, 15) is 22.4 Å². The molecule has 2 aromatic rings. The largest absolute Gasteiger partial charge is 0.465 e. The van der Waals surface area contributed by atoms with Gasteiger partial charge in [-0.25, -0.2) is 12.8 Å². The number of carbonyl (C=O) groups excluding carboxylic acids is 2. The fraction of sp³-hybridized carbons (Fsp3) is 0.417. The second-order valence-corrected chi connectivity index (χ2v) is 10.8. The molecule has 0 aromatic heterocycles. The van der Waals surface area contributed by atoms with Crippen LogP contribution in [0.5, 0.6) is 0 Å². The summed E-state index contributed by atoms with van der Waals surface area (Å²) in [4.78, 5) is 24.6. The van der Waals surface area contributed by atoms with E-state index >= 15 is 0 Å². The second kappa shape index (κ2) is 11.3. The van der Waals surface area contributed by atoms with Gasteiger partial charge >= 0.3 is 5.97 Å². The van der Waals surface area contributed by atoms with Gasteiger partial charge in [-0.05, 0) is 50.5 Å². The fourth-order valence-electron chi connectivity index (χ4n) is 3.00. The van der Waals surface area contributed by atoms with Gasteiger partial charge in [0.05, 0.1) is 30.4 Å². The zero-order chi connectivity index (χ0) is 24.6. The predicted octanol–water partition coefficient (Wildman–Crippen LogP) is 3.30. The molecule has 0 spiro atoms. The molecule has 7 nitrogen and oxygen atoms in total. The average molecular weight is 479 g/mol. The van der Waals surface area contributed by atoms with Gasteiger partial charge in [0.2, 0.25) is 15.9 Å². The molecule has 0 aliphatic carbocycles. The molecule has 1 unspecified atom stereocenters. The molecule has 2 N–H and O–H groups in total. The van der Waals surface area contributed by atoms with Gasteiger partial charge in [0, 0.05) is 12.5 Å². The van der Waals surface area contributed by atoms with Crippen molar-refractivity contribution < 1.29 is 27.1 Å². The van der Waals surface area contributed by atoms with Crippen LogP contribution >= 0.6 is 0 Å². The lowest BCUT2D eigenvalue weighted by molar-refractivity contribution is -0.154. The number of anilines is 1. The molecule has 33 heavy (non-hydrogen) atoms. The van der Waals surface area contributed by atoms with Gasteiger partial charge in [0.1, 0.15) is 5.82 Å². The van der Waals surface area contributed by atoms with Gasteiger partial charge in [-0.1, -0.05) is 36.4 Å². The van der Waals surface area contributed by atoms with Crippen molar-refractivity contribution in [1.82, 2.24) is 5.32 Å². The lowest BCUT2D eigenvalue weighted by Gasteiger charge is -2.22. The van der Waals surface area contributed by atoms with Gasteiger partial charge in [-0.3, -0.25) is 14.3 Å². The third kappa shape index (κ3) is 9.61. The summed E-state index contributed by atoms with van der Waals surface area (Å²) in [5.41, 5.74) is 0.663. The summed E-state index contributed by atoms with van der Waals surface area (Å²) in [6.07, 6.45) is 1.47. The van der Waals surface area contributed by atoms with Gasteiger partial charge in [0.15, 0.2) is 0 Å². The van der Waals surface area contributed by atoms with Crippen LogP contribution in [0.2, 0.25) is 0 Å². The van der Waals surface area contributed by atoms with E-state index in [0.29, 0.717) is 12.0 Å². The van der Waals surface area contributed by atoms with Crippen molar-refractivity contribution >= 4 is 27.6 Å². The van der Waals surface area contributed by atoms with Crippen molar-refractivity contribution in [2.45, 2.75) is 33.6 Å². The van der Waals surface area contributed by atoms with Gasteiger partial charge in [-0.15, -0.1) is 0 Å². The van der Waals surface area contributed by atoms with Crippen LogP contribution in [0.3, 0.4) is 0 Å². The van der Waals surface area contributed by atoms with E-state index in [1.165, 1.54) is 12.1 Å². The number of hydrogen-bond acceptors (Lipinski definition) is 5. The summed E-state index contributed by atoms with van der Waals surface area (Å²) < 4.78 is 44.2. The Bertz CT molecular complexity index is 1070. The number of halogens is 1. The number of carbonyl (C=O) groups is 2. The number of benzene rings is 2. The summed E-state index contributed by atoms with van der Waals surface area (Å²) >= 11 is 0. The van der Waals surface area contributed by atoms with E-state index < -0.39 is 21.3 Å². The van der Waals surface area contributed by atoms with Crippen molar-refractivity contribution in [2.24, 2.45) is 11.3 Å². The van der Waals surface area contributed by atoms with E-state index in [2.05, 4.69) is 10.0 Å². The molecular formula is C24H31FN2O5S. The van der Waals surface area contributed by atoms with Crippen molar-refractivity contribution in [3.05, 3.63) is 65.5 Å². The van der Waals surface area contributed by atoms with E-state index in [-0.39, 0.29) is 43.1 Å². The third-order valence-electron chi connectivity index (χ3n) is 4.71. The number of nitrogens with one attached hydrogen (secondary N) is 2. The Balaban J connectivity index is 1.98. The Morgan fingerprint density at radius 2 is 1.73 bits per heavy atom. The molecule has 1 atom stereocenters. The maximum absolute atomic E-state index is 14.2. The summed E-state index contributed by atoms with van der Waals surface area (Å²) in [5, 5.41) is 2.82. The van der Waals surface area contributed by atoms with E-state index in [1.807, 2.05) is 30.3 Å². The Morgan fingerprint density at radius 3 is 2.30 bits per heavy atom. The summed E-state index contributed by atoms with van der Waals surface area (Å²) in [7, 11) is -3.61. The Labute approximate surface area is 194 Å². The minimum atomic E-state index is -3.61. The van der Waals surface area contributed by atoms with Crippen LogP contribution in [0.1, 0.15) is 31.9 Å². The van der Waals surface area contributed by atoms with Crippen molar-refractivity contribution in [3.8, 4) is 0 Å². The zero-order valence-electron chi connectivity index (χ0n) is 19.4. The first kappa shape index (κ1) is 26.3. The molecule has 2 aromatic carbocycles. The van der Waals surface area contributed by atoms with E-state index in [4.69, 9.17) is 4.74 Å². The molecule has 0 saturated heterocycles. The fourth-order valence-corrected chi connectivity index (χ4v) is 3.57. The van der Waals surface area contributed by atoms with Crippen LogP contribution < -0.4 is 10.0 Å². The molecular weight excluding hydrogens is 447 g/mol. The zero-order valence-corrected chi connectivity index (χ0v) is 20.2. The van der Waals surface area contributed by atoms with Crippen LogP contribution in [0.15, 0.2) is 48.5 Å². The number of esters is 1. The Hall–Kier alpha value is -2.94. The second-order valence-electron chi connectivity index (χ2n) is 9.07. The number of ether oxygens (including phenoxy) is 1. The van der Waals surface area contributed by atoms with Crippen molar-refractivity contribution in [1.29, 1.82) is 0 Å². The van der Waals surface area contributed by atoms with E-state index in [0.717, 1.165) is 17.9 Å². The van der Waals surface area contributed by atoms with Gasteiger partial charge in [-0.2, -0.15) is 0 Å². The molecule has 0 aliphatic rings. The smallest absolute Gasteiger partial charge is 0.311 e. The van der Waals surface area contributed by atoms with Crippen molar-refractivity contribution in [3.63, 3.8) is 0 Å². The highest BCUT2D eigenvalue weighted by Gasteiger charge is 2.24. The van der Waals surface area contributed by atoms with Crippen LogP contribution in [-0.4, -0.2) is 39.7 Å². The predicted molar refractivity (Wildman–Crippen MR) is 126 cm³/mol. The molecule has 9 heteroatoms. The number of rotatable bonds is 10. The molecule has 180 valence electrons. The number of amides is 1. The SMILES string of the molecule is CC(C)(C)C(=O)OCC(CNC(=O)Cc1ccc(NS(C)(=O)=O)c(F)c1)Cc1ccccc1. The molecule has 2 rings (SSSR count).